The van der Waals surface area contributed by atoms with Crippen LogP contribution in [0.4, 0.5) is 11.5 Å². The van der Waals surface area contributed by atoms with Crippen LogP contribution in [0, 0.1) is 17.0 Å². The van der Waals surface area contributed by atoms with Gasteiger partial charge >= 0.3 is 0 Å². The smallest absolute Gasteiger partial charge is 0.273 e. The van der Waals surface area contributed by atoms with Crippen molar-refractivity contribution in [1.29, 1.82) is 0 Å². The van der Waals surface area contributed by atoms with E-state index in [1.165, 1.54) is 18.2 Å². The van der Waals surface area contributed by atoms with Gasteiger partial charge in [0.2, 0.25) is 0 Å². The largest absolute Gasteiger partial charge is 0.305 e. The number of nitrogens with one attached hydrogen (secondary N) is 1. The number of benzene rings is 1. The van der Waals surface area contributed by atoms with Gasteiger partial charge in [-0.05, 0) is 13.0 Å². The van der Waals surface area contributed by atoms with Gasteiger partial charge in [0.1, 0.15) is 11.3 Å². The summed E-state index contributed by atoms with van der Waals surface area (Å²) in [7, 11) is 0. The average Bonchev–Trinajstić information content (AvgIpc) is 2.44. The molecule has 7 nitrogen and oxygen atoms in total. The van der Waals surface area contributed by atoms with Gasteiger partial charge in [-0.3, -0.25) is 14.9 Å². The molecule has 21 heavy (non-hydrogen) atoms. The van der Waals surface area contributed by atoms with Crippen LogP contribution in [-0.4, -0.2) is 20.8 Å². The van der Waals surface area contributed by atoms with E-state index in [1.807, 2.05) is 0 Å². The zero-order chi connectivity index (χ0) is 15.6. The van der Waals surface area contributed by atoms with Gasteiger partial charge in [0.25, 0.3) is 11.6 Å². The Balaban J connectivity index is 2.31. The van der Waals surface area contributed by atoms with E-state index in [-0.39, 0.29) is 27.2 Å². The number of hydrogen-bond acceptors (Lipinski definition) is 5. The fraction of sp³-hybridized carbons (Fsp3) is 0.0833. The molecule has 0 saturated carbocycles. The molecule has 0 bridgehead atoms. The Bertz CT molecular complexity index is 736. The van der Waals surface area contributed by atoms with Crippen molar-refractivity contribution in [2.24, 2.45) is 0 Å². The molecule has 0 spiro atoms. The molecule has 0 aliphatic rings. The molecule has 0 aliphatic heterocycles. The summed E-state index contributed by atoms with van der Waals surface area (Å²) in [6.07, 6.45) is 1.14. The van der Waals surface area contributed by atoms with Gasteiger partial charge in [-0.15, -0.1) is 0 Å². The van der Waals surface area contributed by atoms with Crippen molar-refractivity contribution >= 4 is 40.6 Å². The second-order valence-corrected chi connectivity index (χ2v) is 4.78. The number of rotatable bonds is 3. The van der Waals surface area contributed by atoms with Gasteiger partial charge in [0.05, 0.1) is 4.92 Å². The molecule has 1 aromatic carbocycles. The molecular formula is C12H8Cl2N4O3. The summed E-state index contributed by atoms with van der Waals surface area (Å²) < 4.78 is 0. The highest BCUT2D eigenvalue weighted by molar-refractivity contribution is 6.43. The lowest BCUT2D eigenvalue weighted by molar-refractivity contribution is -0.385. The minimum atomic E-state index is -0.588. The number of nitro groups is 1. The van der Waals surface area contributed by atoms with Crippen LogP contribution in [-0.2, 0) is 0 Å². The quantitative estimate of drug-likeness (QED) is 0.530. The third-order valence-electron chi connectivity index (χ3n) is 2.65. The topological polar surface area (TPSA) is 98.0 Å². The summed E-state index contributed by atoms with van der Waals surface area (Å²) in [5.41, 5.74) is 0.423. The lowest BCUT2D eigenvalue weighted by atomic mass is 10.1. The standard InChI is InChI=1S/C12H8Cl2N4O3/c1-6-2-3-7(4-8(6)18(20)21)12(19)17-11-9(13)10(14)15-5-16-11/h2-5H,1H3,(H,15,16,17,19). The fourth-order valence-electron chi connectivity index (χ4n) is 1.56. The molecule has 1 heterocycles. The van der Waals surface area contributed by atoms with Crippen molar-refractivity contribution in [3.05, 3.63) is 55.9 Å². The number of aromatic nitrogens is 2. The molecular weight excluding hydrogens is 319 g/mol. The highest BCUT2D eigenvalue weighted by atomic mass is 35.5. The van der Waals surface area contributed by atoms with Crippen LogP contribution >= 0.6 is 23.2 Å². The van der Waals surface area contributed by atoms with Crippen molar-refractivity contribution in [2.45, 2.75) is 6.92 Å². The number of carbonyl (C=O) groups excluding carboxylic acids is 1. The Morgan fingerprint density at radius 3 is 2.71 bits per heavy atom. The van der Waals surface area contributed by atoms with Crippen LogP contribution < -0.4 is 5.32 Å². The molecule has 2 aromatic rings. The molecule has 0 atom stereocenters. The first kappa shape index (κ1) is 15.1. The molecule has 0 saturated heterocycles. The van der Waals surface area contributed by atoms with E-state index in [2.05, 4.69) is 15.3 Å². The highest BCUT2D eigenvalue weighted by Gasteiger charge is 2.17. The van der Waals surface area contributed by atoms with Crippen LogP contribution in [0.2, 0.25) is 10.2 Å². The maximum atomic E-state index is 12.1. The number of hydrogen-bond donors (Lipinski definition) is 1. The third kappa shape index (κ3) is 3.26. The van der Waals surface area contributed by atoms with Gasteiger partial charge in [0, 0.05) is 17.2 Å². The fourth-order valence-corrected chi connectivity index (χ4v) is 1.84. The van der Waals surface area contributed by atoms with Crippen molar-refractivity contribution in [3.8, 4) is 0 Å². The summed E-state index contributed by atoms with van der Waals surface area (Å²) in [6.45, 7) is 1.58. The Morgan fingerprint density at radius 2 is 2.05 bits per heavy atom. The first-order valence-corrected chi connectivity index (χ1v) is 6.38. The van der Waals surface area contributed by atoms with E-state index in [1.54, 1.807) is 6.92 Å². The van der Waals surface area contributed by atoms with Crippen LogP contribution in [0.15, 0.2) is 24.5 Å². The number of aryl methyl sites for hydroxylation is 1. The zero-order valence-corrected chi connectivity index (χ0v) is 12.1. The van der Waals surface area contributed by atoms with Gasteiger partial charge in [0.15, 0.2) is 11.0 Å². The van der Waals surface area contributed by atoms with Crippen LogP contribution in [0.5, 0.6) is 0 Å². The summed E-state index contributed by atoms with van der Waals surface area (Å²) in [5, 5.41) is 13.3. The van der Waals surface area contributed by atoms with E-state index in [9.17, 15) is 14.9 Å². The molecule has 0 fully saturated rings. The van der Waals surface area contributed by atoms with Crippen molar-refractivity contribution in [2.75, 3.05) is 5.32 Å². The molecule has 9 heteroatoms. The molecule has 0 aliphatic carbocycles. The minimum Gasteiger partial charge on any atom is -0.305 e. The van der Waals surface area contributed by atoms with Gasteiger partial charge in [-0.2, -0.15) is 0 Å². The molecule has 1 amide bonds. The molecule has 0 radical (unpaired) electrons. The summed E-state index contributed by atoms with van der Waals surface area (Å²) in [4.78, 5) is 29.8. The Kier molecular flexibility index (Phi) is 4.35. The molecule has 2 rings (SSSR count). The van der Waals surface area contributed by atoms with Gasteiger partial charge in [-0.1, -0.05) is 29.3 Å². The predicted molar refractivity (Wildman–Crippen MR) is 77.8 cm³/mol. The number of nitro benzene ring substituents is 1. The molecule has 1 N–H and O–H groups in total. The van der Waals surface area contributed by atoms with Crippen molar-refractivity contribution in [3.63, 3.8) is 0 Å². The summed E-state index contributed by atoms with van der Waals surface area (Å²) in [5.74, 6) is -0.556. The summed E-state index contributed by atoms with van der Waals surface area (Å²) in [6, 6.07) is 4.14. The van der Waals surface area contributed by atoms with Crippen LogP contribution in [0.25, 0.3) is 0 Å². The first-order chi connectivity index (χ1) is 9.90. The number of anilines is 1. The van der Waals surface area contributed by atoms with Gasteiger partial charge in [-0.25, -0.2) is 9.97 Å². The SMILES string of the molecule is Cc1ccc(C(=O)Nc2ncnc(Cl)c2Cl)cc1[N+](=O)[O-]. The Labute approximate surface area is 129 Å². The lowest BCUT2D eigenvalue weighted by Gasteiger charge is -2.07. The Morgan fingerprint density at radius 1 is 1.33 bits per heavy atom. The molecule has 1 aromatic heterocycles. The zero-order valence-electron chi connectivity index (χ0n) is 10.6. The van der Waals surface area contributed by atoms with Crippen molar-refractivity contribution < 1.29 is 9.72 Å². The van der Waals surface area contributed by atoms with Crippen LogP contribution in [0.1, 0.15) is 15.9 Å². The average molecular weight is 327 g/mol. The van der Waals surface area contributed by atoms with E-state index >= 15 is 0 Å². The van der Waals surface area contributed by atoms with E-state index < -0.39 is 10.8 Å². The maximum absolute atomic E-state index is 12.1. The number of halogens is 2. The molecule has 0 unspecified atom stereocenters. The lowest BCUT2D eigenvalue weighted by Crippen LogP contribution is -2.14. The second-order valence-electron chi connectivity index (χ2n) is 4.04. The number of nitrogens with zero attached hydrogens (tertiary/aromatic N) is 3. The highest BCUT2D eigenvalue weighted by Crippen LogP contribution is 2.26. The van der Waals surface area contributed by atoms with Gasteiger partial charge < -0.3 is 5.32 Å². The third-order valence-corrected chi connectivity index (χ3v) is 3.39. The van der Waals surface area contributed by atoms with E-state index in [0.29, 0.717) is 5.56 Å². The second kappa shape index (κ2) is 6.02. The van der Waals surface area contributed by atoms with Crippen molar-refractivity contribution in [1.82, 2.24) is 9.97 Å². The Hall–Kier alpha value is -2.25. The predicted octanol–water partition coefficient (Wildman–Crippen LogP) is 3.25. The number of amides is 1. The molecule has 108 valence electrons. The normalized spacial score (nSPS) is 10.2. The minimum absolute atomic E-state index is 0.00291. The van der Waals surface area contributed by atoms with Crippen LogP contribution in [0.3, 0.4) is 0 Å². The van der Waals surface area contributed by atoms with E-state index in [0.717, 1.165) is 6.33 Å². The van der Waals surface area contributed by atoms with E-state index in [4.69, 9.17) is 23.2 Å². The summed E-state index contributed by atoms with van der Waals surface area (Å²) >= 11 is 11.6. The number of carbonyl (C=O) groups is 1. The first-order valence-electron chi connectivity index (χ1n) is 5.62. The monoisotopic (exact) mass is 326 g/mol. The maximum Gasteiger partial charge on any atom is 0.273 e.